The summed E-state index contributed by atoms with van der Waals surface area (Å²) in [7, 11) is 0. The van der Waals surface area contributed by atoms with Gasteiger partial charge in [-0.25, -0.2) is 0 Å². The topological polar surface area (TPSA) is 77.6 Å². The number of aliphatic hydroxyl groups is 1. The molecule has 1 N–H and O–H groups in total. The predicted octanol–water partition coefficient (Wildman–Crippen LogP) is 1.85. The Kier molecular flexibility index (Phi) is 4.35. The van der Waals surface area contributed by atoms with Crippen molar-refractivity contribution in [2.45, 2.75) is 27.1 Å². The quantitative estimate of drug-likeness (QED) is 0.857. The molecule has 2 aromatic rings. The number of aryl methyl sites for hydroxylation is 1. The van der Waals surface area contributed by atoms with Crippen LogP contribution in [0.1, 0.15) is 24.2 Å². The Balaban J connectivity index is 2.10. The van der Waals surface area contributed by atoms with E-state index < -0.39 is 0 Å². The number of benzene rings is 1. The molecule has 0 unspecified atom stereocenters. The Morgan fingerprint density at radius 2 is 2.11 bits per heavy atom. The average Bonchev–Trinajstić information content (AvgIpc) is 2.83. The SMILES string of the molecule is CCOc1cc(CO)ccc1OCc1nc(C)no1. The van der Waals surface area contributed by atoms with Crippen LogP contribution in [0.2, 0.25) is 0 Å². The van der Waals surface area contributed by atoms with E-state index in [1.807, 2.05) is 6.92 Å². The summed E-state index contributed by atoms with van der Waals surface area (Å²) in [5.74, 6) is 2.14. The van der Waals surface area contributed by atoms with Gasteiger partial charge < -0.3 is 19.1 Å². The molecule has 0 saturated heterocycles. The number of nitrogens with zero attached hydrogens (tertiary/aromatic N) is 2. The zero-order valence-electron chi connectivity index (χ0n) is 10.9. The van der Waals surface area contributed by atoms with Crippen molar-refractivity contribution in [1.29, 1.82) is 0 Å². The molecule has 0 aliphatic rings. The van der Waals surface area contributed by atoms with Crippen LogP contribution < -0.4 is 9.47 Å². The van der Waals surface area contributed by atoms with Gasteiger partial charge in [0.25, 0.3) is 5.89 Å². The van der Waals surface area contributed by atoms with Crippen LogP contribution in [0, 0.1) is 6.92 Å². The zero-order valence-corrected chi connectivity index (χ0v) is 10.9. The highest BCUT2D eigenvalue weighted by Gasteiger charge is 2.09. The van der Waals surface area contributed by atoms with Gasteiger partial charge in [0, 0.05) is 0 Å². The van der Waals surface area contributed by atoms with E-state index in [1.165, 1.54) is 0 Å². The predicted molar refractivity (Wildman–Crippen MR) is 66.9 cm³/mol. The third-order valence-corrected chi connectivity index (χ3v) is 2.41. The van der Waals surface area contributed by atoms with E-state index in [4.69, 9.17) is 19.1 Å². The van der Waals surface area contributed by atoms with E-state index in [2.05, 4.69) is 10.1 Å². The average molecular weight is 264 g/mol. The standard InChI is InChI=1S/C13H16N2O4/c1-3-17-12-6-10(7-16)4-5-11(12)18-8-13-14-9(2)15-19-13/h4-6,16H,3,7-8H2,1-2H3. The smallest absolute Gasteiger partial charge is 0.264 e. The third-order valence-electron chi connectivity index (χ3n) is 2.41. The lowest BCUT2D eigenvalue weighted by atomic mass is 10.2. The molecular formula is C13H16N2O4. The van der Waals surface area contributed by atoms with Crippen LogP contribution in [0.5, 0.6) is 11.5 Å². The highest BCUT2D eigenvalue weighted by Crippen LogP contribution is 2.29. The molecule has 0 bridgehead atoms. The van der Waals surface area contributed by atoms with Gasteiger partial charge in [0.2, 0.25) is 0 Å². The molecule has 0 saturated carbocycles. The first-order valence-corrected chi connectivity index (χ1v) is 6.01. The molecule has 0 aliphatic carbocycles. The summed E-state index contributed by atoms with van der Waals surface area (Å²) in [4.78, 5) is 4.05. The summed E-state index contributed by atoms with van der Waals surface area (Å²) in [5.41, 5.74) is 0.768. The van der Waals surface area contributed by atoms with E-state index in [-0.39, 0.29) is 13.2 Å². The van der Waals surface area contributed by atoms with Crippen LogP contribution >= 0.6 is 0 Å². The molecule has 6 heteroatoms. The number of hydrogen-bond donors (Lipinski definition) is 1. The molecule has 6 nitrogen and oxygen atoms in total. The molecule has 1 aromatic carbocycles. The maximum Gasteiger partial charge on any atom is 0.264 e. The molecule has 0 amide bonds. The largest absolute Gasteiger partial charge is 0.490 e. The minimum atomic E-state index is -0.0385. The van der Waals surface area contributed by atoms with Gasteiger partial charge in [0.05, 0.1) is 13.2 Å². The van der Waals surface area contributed by atoms with Crippen molar-refractivity contribution in [2.24, 2.45) is 0 Å². The van der Waals surface area contributed by atoms with Gasteiger partial charge in [0.1, 0.15) is 0 Å². The number of aliphatic hydroxyl groups excluding tert-OH is 1. The fourth-order valence-corrected chi connectivity index (χ4v) is 1.58. The van der Waals surface area contributed by atoms with E-state index in [0.717, 1.165) is 5.56 Å². The molecule has 0 fully saturated rings. The molecule has 2 rings (SSSR count). The van der Waals surface area contributed by atoms with Gasteiger partial charge >= 0.3 is 0 Å². The maximum atomic E-state index is 9.10. The summed E-state index contributed by atoms with van der Waals surface area (Å²) in [5, 5.41) is 12.8. The first-order valence-electron chi connectivity index (χ1n) is 6.01. The van der Waals surface area contributed by atoms with Gasteiger partial charge in [-0.1, -0.05) is 11.2 Å². The molecule has 0 spiro atoms. The number of ether oxygens (including phenoxy) is 2. The van der Waals surface area contributed by atoms with E-state index >= 15 is 0 Å². The van der Waals surface area contributed by atoms with Crippen molar-refractivity contribution in [2.75, 3.05) is 6.61 Å². The Labute approximate surface area is 111 Å². The molecule has 102 valence electrons. The van der Waals surface area contributed by atoms with Gasteiger partial charge in [0.15, 0.2) is 23.9 Å². The van der Waals surface area contributed by atoms with Gasteiger partial charge in [-0.2, -0.15) is 4.98 Å². The van der Waals surface area contributed by atoms with Crippen molar-refractivity contribution >= 4 is 0 Å². The number of aromatic nitrogens is 2. The highest BCUT2D eigenvalue weighted by molar-refractivity contribution is 5.42. The minimum Gasteiger partial charge on any atom is -0.490 e. The fraction of sp³-hybridized carbons (Fsp3) is 0.385. The van der Waals surface area contributed by atoms with Crippen LogP contribution in [-0.4, -0.2) is 21.9 Å². The van der Waals surface area contributed by atoms with E-state index in [1.54, 1.807) is 25.1 Å². The lowest BCUT2D eigenvalue weighted by Crippen LogP contribution is -2.00. The molecule has 0 radical (unpaired) electrons. The van der Waals surface area contributed by atoms with Gasteiger partial charge in [-0.15, -0.1) is 0 Å². The summed E-state index contributed by atoms with van der Waals surface area (Å²) in [6, 6.07) is 5.27. The fourth-order valence-electron chi connectivity index (χ4n) is 1.58. The monoisotopic (exact) mass is 264 g/mol. The molecule has 0 atom stereocenters. The number of rotatable bonds is 6. The second-order valence-corrected chi connectivity index (χ2v) is 3.90. The van der Waals surface area contributed by atoms with E-state index in [9.17, 15) is 0 Å². The Morgan fingerprint density at radius 1 is 1.26 bits per heavy atom. The summed E-state index contributed by atoms with van der Waals surface area (Å²) < 4.78 is 16.0. The first kappa shape index (κ1) is 13.4. The lowest BCUT2D eigenvalue weighted by Gasteiger charge is -2.11. The minimum absolute atomic E-state index is 0.0385. The summed E-state index contributed by atoms with van der Waals surface area (Å²) >= 11 is 0. The maximum absolute atomic E-state index is 9.10. The first-order chi connectivity index (χ1) is 9.22. The van der Waals surface area contributed by atoms with Crippen LogP contribution in [0.4, 0.5) is 0 Å². The molecule has 0 aliphatic heterocycles. The number of hydrogen-bond acceptors (Lipinski definition) is 6. The van der Waals surface area contributed by atoms with E-state index in [0.29, 0.717) is 29.8 Å². The van der Waals surface area contributed by atoms with Crippen LogP contribution in [0.3, 0.4) is 0 Å². The molecule has 19 heavy (non-hydrogen) atoms. The molecular weight excluding hydrogens is 248 g/mol. The highest BCUT2D eigenvalue weighted by atomic mass is 16.5. The lowest BCUT2D eigenvalue weighted by molar-refractivity contribution is 0.227. The van der Waals surface area contributed by atoms with Crippen LogP contribution in [0.25, 0.3) is 0 Å². The van der Waals surface area contributed by atoms with Crippen LogP contribution in [0.15, 0.2) is 22.7 Å². The zero-order chi connectivity index (χ0) is 13.7. The summed E-state index contributed by atoms with van der Waals surface area (Å²) in [6.07, 6.45) is 0. The van der Waals surface area contributed by atoms with Crippen molar-refractivity contribution in [3.05, 3.63) is 35.5 Å². The van der Waals surface area contributed by atoms with Crippen molar-refractivity contribution in [3.8, 4) is 11.5 Å². The van der Waals surface area contributed by atoms with Crippen LogP contribution in [-0.2, 0) is 13.2 Å². The van der Waals surface area contributed by atoms with Gasteiger partial charge in [-0.05, 0) is 31.5 Å². The van der Waals surface area contributed by atoms with Crippen molar-refractivity contribution in [1.82, 2.24) is 10.1 Å². The Morgan fingerprint density at radius 3 is 2.74 bits per heavy atom. The molecule has 1 aromatic heterocycles. The third kappa shape index (κ3) is 3.45. The summed E-state index contributed by atoms with van der Waals surface area (Å²) in [6.45, 7) is 4.29. The Bertz CT molecular complexity index is 539. The molecule has 1 heterocycles. The van der Waals surface area contributed by atoms with Crippen molar-refractivity contribution in [3.63, 3.8) is 0 Å². The van der Waals surface area contributed by atoms with Gasteiger partial charge in [-0.3, -0.25) is 0 Å². The Hall–Kier alpha value is -2.08. The normalized spacial score (nSPS) is 10.5. The second kappa shape index (κ2) is 6.19. The second-order valence-electron chi connectivity index (χ2n) is 3.90. The van der Waals surface area contributed by atoms with Crippen molar-refractivity contribution < 1.29 is 19.1 Å².